The van der Waals surface area contributed by atoms with Crippen molar-refractivity contribution in [2.45, 2.75) is 0 Å². The highest BCUT2D eigenvalue weighted by molar-refractivity contribution is 6.05. The zero-order valence-corrected chi connectivity index (χ0v) is 13.5. The molecule has 2 amide bonds. The van der Waals surface area contributed by atoms with Crippen LogP contribution in [0.1, 0.15) is 10.4 Å². The molecule has 0 fully saturated rings. The molecule has 0 aliphatic rings. The number of carbonyl (C=O) groups is 2. The lowest BCUT2D eigenvalue weighted by molar-refractivity contribution is -0.111. The van der Waals surface area contributed by atoms with Crippen molar-refractivity contribution in [3.63, 3.8) is 0 Å². The first-order valence-electron chi connectivity index (χ1n) is 7.57. The number of hydrogen-bond donors (Lipinski definition) is 3. The predicted molar refractivity (Wildman–Crippen MR) is 95.0 cm³/mol. The number of nitrogens with one attached hydrogen (secondary N) is 3. The van der Waals surface area contributed by atoms with Gasteiger partial charge < -0.3 is 10.6 Å². The van der Waals surface area contributed by atoms with Gasteiger partial charge in [-0.1, -0.05) is 6.58 Å². The molecule has 0 saturated heterocycles. The van der Waals surface area contributed by atoms with Crippen molar-refractivity contribution in [2.75, 3.05) is 10.6 Å². The van der Waals surface area contributed by atoms with Crippen molar-refractivity contribution in [2.24, 2.45) is 0 Å². The number of halogens is 1. The second kappa shape index (κ2) is 7.39. The summed E-state index contributed by atoms with van der Waals surface area (Å²) in [4.78, 5) is 27.6. The molecular formula is C18H14FN5O2. The average molecular weight is 351 g/mol. The lowest BCUT2D eigenvalue weighted by Crippen LogP contribution is -2.13. The number of nitrogens with zero attached hydrogens (tertiary/aromatic N) is 2. The van der Waals surface area contributed by atoms with E-state index >= 15 is 0 Å². The zero-order chi connectivity index (χ0) is 18.5. The van der Waals surface area contributed by atoms with Crippen LogP contribution in [-0.4, -0.2) is 27.0 Å². The normalized spacial score (nSPS) is 10.2. The van der Waals surface area contributed by atoms with Gasteiger partial charge in [0, 0.05) is 16.8 Å². The molecule has 0 bridgehead atoms. The highest BCUT2D eigenvalue weighted by Crippen LogP contribution is 2.23. The van der Waals surface area contributed by atoms with Gasteiger partial charge in [-0.2, -0.15) is 5.10 Å². The van der Waals surface area contributed by atoms with Gasteiger partial charge in [0.1, 0.15) is 12.1 Å². The minimum Gasteiger partial charge on any atom is -0.323 e. The molecule has 7 nitrogen and oxygen atoms in total. The highest BCUT2D eigenvalue weighted by Gasteiger charge is 2.12. The van der Waals surface area contributed by atoms with Crippen molar-refractivity contribution in [1.29, 1.82) is 0 Å². The molecule has 3 N–H and O–H groups in total. The number of hydrogen-bond acceptors (Lipinski definition) is 4. The van der Waals surface area contributed by atoms with E-state index in [1.54, 1.807) is 12.1 Å². The maximum absolute atomic E-state index is 14.0. The Morgan fingerprint density at radius 1 is 1.12 bits per heavy atom. The standard InChI is InChI=1S/C18H14FN5O2/c1-2-16(25)22-13-6-3-11(4-7-13)18(26)23-15-9-12(5-8-14(15)19)17-20-10-21-24-17/h2-10H,1H2,(H,22,25)(H,23,26)(H,20,21,24). The van der Waals surface area contributed by atoms with Gasteiger partial charge in [0.25, 0.3) is 5.91 Å². The van der Waals surface area contributed by atoms with Crippen molar-refractivity contribution >= 4 is 23.2 Å². The van der Waals surface area contributed by atoms with Crippen LogP contribution in [-0.2, 0) is 4.79 Å². The SMILES string of the molecule is C=CC(=O)Nc1ccc(C(=O)Nc2cc(-c3ncn[nH]3)ccc2F)cc1. The van der Waals surface area contributed by atoms with Gasteiger partial charge in [0.05, 0.1) is 5.69 Å². The number of anilines is 2. The molecule has 0 radical (unpaired) electrons. The van der Waals surface area contributed by atoms with E-state index in [4.69, 9.17) is 0 Å². The topological polar surface area (TPSA) is 99.8 Å². The summed E-state index contributed by atoms with van der Waals surface area (Å²) in [5.41, 5.74) is 1.44. The Bertz CT molecular complexity index is 952. The van der Waals surface area contributed by atoms with Crippen LogP contribution in [0.15, 0.2) is 61.4 Å². The van der Waals surface area contributed by atoms with Gasteiger partial charge in [0.15, 0.2) is 5.82 Å². The Hall–Kier alpha value is -3.81. The molecule has 0 unspecified atom stereocenters. The summed E-state index contributed by atoms with van der Waals surface area (Å²) in [6, 6.07) is 10.4. The Labute approximate surface area is 148 Å². The number of rotatable bonds is 5. The molecule has 0 saturated carbocycles. The van der Waals surface area contributed by atoms with E-state index < -0.39 is 11.7 Å². The maximum Gasteiger partial charge on any atom is 0.255 e. The first-order valence-corrected chi connectivity index (χ1v) is 7.57. The minimum atomic E-state index is -0.573. The van der Waals surface area contributed by atoms with Gasteiger partial charge in [-0.05, 0) is 48.5 Å². The van der Waals surface area contributed by atoms with E-state index in [0.717, 1.165) is 6.08 Å². The Morgan fingerprint density at radius 3 is 2.54 bits per heavy atom. The third kappa shape index (κ3) is 3.81. The summed E-state index contributed by atoms with van der Waals surface area (Å²) in [5.74, 6) is -0.951. The fraction of sp³-hybridized carbons (Fsp3) is 0. The van der Waals surface area contributed by atoms with E-state index in [0.29, 0.717) is 22.6 Å². The molecule has 1 heterocycles. The van der Waals surface area contributed by atoms with Crippen molar-refractivity contribution in [3.8, 4) is 11.4 Å². The van der Waals surface area contributed by atoms with Gasteiger partial charge >= 0.3 is 0 Å². The Kier molecular flexibility index (Phi) is 4.84. The molecule has 1 aromatic heterocycles. The second-order valence-electron chi connectivity index (χ2n) is 5.25. The van der Waals surface area contributed by atoms with Crippen molar-refractivity contribution < 1.29 is 14.0 Å². The largest absolute Gasteiger partial charge is 0.323 e. The van der Waals surface area contributed by atoms with Crippen LogP contribution in [0.25, 0.3) is 11.4 Å². The van der Waals surface area contributed by atoms with Gasteiger partial charge in [-0.3, -0.25) is 14.7 Å². The molecule has 0 atom stereocenters. The smallest absolute Gasteiger partial charge is 0.255 e. The quantitative estimate of drug-likeness (QED) is 0.615. The Morgan fingerprint density at radius 2 is 1.88 bits per heavy atom. The summed E-state index contributed by atoms with van der Waals surface area (Å²) in [6.07, 6.45) is 2.48. The van der Waals surface area contributed by atoms with E-state index in [9.17, 15) is 14.0 Å². The number of aromatic nitrogens is 3. The third-order valence-electron chi connectivity index (χ3n) is 3.50. The summed E-state index contributed by atoms with van der Waals surface area (Å²) >= 11 is 0. The van der Waals surface area contributed by atoms with Crippen molar-refractivity contribution in [1.82, 2.24) is 15.2 Å². The number of H-pyrrole nitrogens is 1. The summed E-state index contributed by atoms with van der Waals surface area (Å²) in [6.45, 7) is 3.36. The lowest BCUT2D eigenvalue weighted by Gasteiger charge is -2.09. The third-order valence-corrected chi connectivity index (χ3v) is 3.50. The lowest BCUT2D eigenvalue weighted by atomic mass is 10.1. The molecule has 26 heavy (non-hydrogen) atoms. The minimum absolute atomic E-state index is 0.0212. The van der Waals surface area contributed by atoms with Crippen LogP contribution in [0.2, 0.25) is 0 Å². The average Bonchev–Trinajstić information content (AvgIpc) is 3.18. The number of carbonyl (C=O) groups excluding carboxylic acids is 2. The van der Waals surface area contributed by atoms with Crippen LogP contribution in [0.4, 0.5) is 15.8 Å². The molecule has 2 aromatic carbocycles. The van der Waals surface area contributed by atoms with Gasteiger partial charge in [-0.25, -0.2) is 9.37 Å². The predicted octanol–water partition coefficient (Wildman–Crippen LogP) is 2.99. The van der Waals surface area contributed by atoms with Gasteiger partial charge in [-0.15, -0.1) is 0 Å². The number of aromatic amines is 1. The van der Waals surface area contributed by atoms with Crippen molar-refractivity contribution in [3.05, 3.63) is 72.8 Å². The molecular weight excluding hydrogens is 337 g/mol. The molecule has 0 spiro atoms. The summed E-state index contributed by atoms with van der Waals surface area (Å²) in [7, 11) is 0. The fourth-order valence-corrected chi connectivity index (χ4v) is 2.21. The number of benzene rings is 2. The highest BCUT2D eigenvalue weighted by atomic mass is 19.1. The molecule has 0 aliphatic carbocycles. The molecule has 3 rings (SSSR count). The monoisotopic (exact) mass is 351 g/mol. The van der Waals surface area contributed by atoms with Crippen LogP contribution < -0.4 is 10.6 Å². The van der Waals surface area contributed by atoms with E-state index in [1.807, 2.05) is 0 Å². The van der Waals surface area contributed by atoms with Crippen LogP contribution in [0, 0.1) is 5.82 Å². The van der Waals surface area contributed by atoms with Gasteiger partial charge in [0.2, 0.25) is 5.91 Å². The first kappa shape index (κ1) is 17.0. The van der Waals surface area contributed by atoms with Crippen LogP contribution in [0.3, 0.4) is 0 Å². The van der Waals surface area contributed by atoms with Crippen LogP contribution >= 0.6 is 0 Å². The second-order valence-corrected chi connectivity index (χ2v) is 5.25. The molecule has 130 valence electrons. The summed E-state index contributed by atoms with van der Waals surface area (Å²) in [5, 5.41) is 11.5. The molecule has 8 heteroatoms. The molecule has 3 aromatic rings. The van der Waals surface area contributed by atoms with Crippen LogP contribution in [0.5, 0.6) is 0 Å². The number of amides is 2. The zero-order valence-electron chi connectivity index (χ0n) is 13.5. The first-order chi connectivity index (χ1) is 12.6. The molecule has 0 aliphatic heterocycles. The fourth-order valence-electron chi connectivity index (χ4n) is 2.21. The van der Waals surface area contributed by atoms with E-state index in [1.165, 1.54) is 36.7 Å². The maximum atomic E-state index is 14.0. The van der Waals surface area contributed by atoms with E-state index in [-0.39, 0.29) is 11.6 Å². The Balaban J connectivity index is 1.76. The van der Waals surface area contributed by atoms with E-state index in [2.05, 4.69) is 32.4 Å². The summed E-state index contributed by atoms with van der Waals surface area (Å²) < 4.78 is 14.0.